The summed E-state index contributed by atoms with van der Waals surface area (Å²) >= 11 is 0. The van der Waals surface area contributed by atoms with E-state index in [0.717, 1.165) is 12.8 Å². The van der Waals surface area contributed by atoms with E-state index in [1.807, 2.05) is 0 Å². The molecule has 100 valence electrons. The van der Waals surface area contributed by atoms with Gasteiger partial charge in [0.2, 0.25) is 0 Å². The van der Waals surface area contributed by atoms with Gasteiger partial charge in [0.05, 0.1) is 18.7 Å². The molecule has 1 aliphatic carbocycles. The number of pyridine rings is 1. The number of rotatable bonds is 3. The van der Waals surface area contributed by atoms with Crippen molar-refractivity contribution in [2.75, 3.05) is 13.1 Å². The monoisotopic (exact) mass is 262 g/mol. The molecule has 0 atom stereocenters. The highest BCUT2D eigenvalue weighted by Gasteiger charge is 2.53. The van der Waals surface area contributed by atoms with Crippen molar-refractivity contribution in [2.45, 2.75) is 18.4 Å². The van der Waals surface area contributed by atoms with Crippen molar-refractivity contribution in [2.24, 2.45) is 5.92 Å². The number of carbonyl (C=O) groups is 2. The van der Waals surface area contributed by atoms with Gasteiger partial charge in [0.25, 0.3) is 5.91 Å². The first-order chi connectivity index (χ1) is 9.01. The van der Waals surface area contributed by atoms with Gasteiger partial charge >= 0.3 is 5.97 Å². The normalized spacial score (nSPS) is 20.8. The molecule has 1 saturated carbocycles. The van der Waals surface area contributed by atoms with Gasteiger partial charge in [-0.3, -0.25) is 9.78 Å². The van der Waals surface area contributed by atoms with E-state index < -0.39 is 17.5 Å². The molecule has 1 aromatic rings. The van der Waals surface area contributed by atoms with Crippen LogP contribution in [0.1, 0.15) is 33.7 Å². The number of β-amino-alcohol motifs (C(OH)–C–C–N with tert-alkyl or cyclic N) is 1. The Labute approximate surface area is 109 Å². The number of likely N-dealkylation sites (tertiary alicyclic amines) is 1. The molecule has 1 aromatic heterocycles. The molecule has 0 aromatic carbocycles. The van der Waals surface area contributed by atoms with Crippen LogP contribution in [0.5, 0.6) is 0 Å². The summed E-state index contributed by atoms with van der Waals surface area (Å²) in [7, 11) is 0. The van der Waals surface area contributed by atoms with E-state index in [9.17, 15) is 14.7 Å². The van der Waals surface area contributed by atoms with Gasteiger partial charge in [-0.1, -0.05) is 0 Å². The van der Waals surface area contributed by atoms with E-state index in [-0.39, 0.29) is 24.3 Å². The predicted octanol–water partition coefficient (Wildman–Crippen LogP) is 0.377. The second-order valence-electron chi connectivity index (χ2n) is 5.24. The van der Waals surface area contributed by atoms with Crippen LogP contribution >= 0.6 is 0 Å². The molecule has 2 N–H and O–H groups in total. The summed E-state index contributed by atoms with van der Waals surface area (Å²) in [6, 6.07) is 2.84. The first-order valence-electron chi connectivity index (χ1n) is 6.21. The smallest absolute Gasteiger partial charge is 0.338 e. The maximum Gasteiger partial charge on any atom is 0.338 e. The third-order valence-electron chi connectivity index (χ3n) is 3.79. The molecule has 2 aliphatic rings. The van der Waals surface area contributed by atoms with Gasteiger partial charge in [0.1, 0.15) is 11.3 Å². The van der Waals surface area contributed by atoms with Crippen LogP contribution in [0.25, 0.3) is 0 Å². The minimum absolute atomic E-state index is 0.0622. The van der Waals surface area contributed by atoms with Gasteiger partial charge < -0.3 is 15.1 Å². The van der Waals surface area contributed by atoms with Crippen LogP contribution in [0.2, 0.25) is 0 Å². The Balaban J connectivity index is 1.77. The van der Waals surface area contributed by atoms with Crippen LogP contribution in [0.15, 0.2) is 18.3 Å². The van der Waals surface area contributed by atoms with Crippen molar-refractivity contribution in [1.82, 2.24) is 9.88 Å². The van der Waals surface area contributed by atoms with E-state index in [4.69, 9.17) is 5.11 Å². The van der Waals surface area contributed by atoms with Crippen molar-refractivity contribution in [3.8, 4) is 0 Å². The number of carbonyl (C=O) groups excluding carboxylic acids is 1. The van der Waals surface area contributed by atoms with Crippen LogP contribution in [0.3, 0.4) is 0 Å². The Bertz CT molecular complexity index is 547. The molecule has 6 heteroatoms. The topological polar surface area (TPSA) is 90.7 Å². The standard InChI is InChI=1S/C13H14N2O4/c16-11(10-9(12(17)18)2-1-5-14-10)15-6-13(19,7-15)8-3-4-8/h1-2,5,8,19H,3-4,6-7H2,(H,17,18). The summed E-state index contributed by atoms with van der Waals surface area (Å²) in [6.45, 7) is 0.540. The lowest BCUT2D eigenvalue weighted by Crippen LogP contribution is -2.64. The van der Waals surface area contributed by atoms with Crippen LogP contribution in [0.4, 0.5) is 0 Å². The molecule has 2 heterocycles. The van der Waals surface area contributed by atoms with Gasteiger partial charge in [-0.25, -0.2) is 4.79 Å². The highest BCUT2D eigenvalue weighted by atomic mass is 16.4. The van der Waals surface area contributed by atoms with Gasteiger partial charge in [-0.2, -0.15) is 0 Å². The summed E-state index contributed by atoms with van der Waals surface area (Å²) in [5.74, 6) is -1.31. The van der Waals surface area contributed by atoms with Crippen molar-refractivity contribution in [3.63, 3.8) is 0 Å². The predicted molar refractivity (Wildman–Crippen MR) is 64.8 cm³/mol. The zero-order chi connectivity index (χ0) is 13.6. The molecule has 1 aliphatic heterocycles. The number of carboxylic acids is 1. The Hall–Kier alpha value is -1.95. The first-order valence-corrected chi connectivity index (χ1v) is 6.21. The van der Waals surface area contributed by atoms with Crippen LogP contribution in [-0.2, 0) is 0 Å². The Morgan fingerprint density at radius 1 is 1.37 bits per heavy atom. The lowest BCUT2D eigenvalue weighted by atomic mass is 9.88. The highest BCUT2D eigenvalue weighted by Crippen LogP contribution is 2.44. The number of hydrogen-bond acceptors (Lipinski definition) is 4. The van der Waals surface area contributed by atoms with Gasteiger partial charge in [-0.05, 0) is 30.9 Å². The molecule has 0 bridgehead atoms. The van der Waals surface area contributed by atoms with Crippen molar-refractivity contribution in [1.29, 1.82) is 0 Å². The van der Waals surface area contributed by atoms with Crippen LogP contribution in [-0.4, -0.2) is 50.7 Å². The maximum atomic E-state index is 12.2. The van der Waals surface area contributed by atoms with Gasteiger partial charge in [-0.15, -0.1) is 0 Å². The molecular weight excluding hydrogens is 248 g/mol. The van der Waals surface area contributed by atoms with Crippen molar-refractivity contribution in [3.05, 3.63) is 29.6 Å². The molecule has 19 heavy (non-hydrogen) atoms. The number of aliphatic hydroxyl groups is 1. The SMILES string of the molecule is O=C(O)c1cccnc1C(=O)N1CC(O)(C2CC2)C1. The molecule has 0 spiro atoms. The lowest BCUT2D eigenvalue weighted by Gasteiger charge is -2.46. The van der Waals surface area contributed by atoms with E-state index in [0.29, 0.717) is 5.92 Å². The van der Waals surface area contributed by atoms with E-state index >= 15 is 0 Å². The van der Waals surface area contributed by atoms with Crippen molar-refractivity contribution < 1.29 is 19.8 Å². The maximum absolute atomic E-state index is 12.2. The molecule has 1 saturated heterocycles. The Morgan fingerprint density at radius 2 is 2.05 bits per heavy atom. The Morgan fingerprint density at radius 3 is 2.63 bits per heavy atom. The summed E-state index contributed by atoms with van der Waals surface area (Å²) in [5.41, 5.74) is -0.935. The zero-order valence-corrected chi connectivity index (χ0v) is 10.2. The zero-order valence-electron chi connectivity index (χ0n) is 10.2. The number of amides is 1. The van der Waals surface area contributed by atoms with Gasteiger partial charge in [0.15, 0.2) is 0 Å². The summed E-state index contributed by atoms with van der Waals surface area (Å²) in [6.07, 6.45) is 3.40. The fourth-order valence-corrected chi connectivity index (χ4v) is 2.54. The Kier molecular flexibility index (Phi) is 2.56. The second-order valence-corrected chi connectivity index (χ2v) is 5.24. The van der Waals surface area contributed by atoms with Crippen molar-refractivity contribution >= 4 is 11.9 Å². The minimum Gasteiger partial charge on any atom is -0.478 e. The number of carboxylic acid groups (broad SMARTS) is 1. The second kappa shape index (κ2) is 4.03. The summed E-state index contributed by atoms with van der Waals surface area (Å²) in [4.78, 5) is 28.5. The fourth-order valence-electron chi connectivity index (χ4n) is 2.54. The number of aromatic carboxylic acids is 1. The lowest BCUT2D eigenvalue weighted by molar-refractivity contribution is -0.0959. The average Bonchev–Trinajstić information content (AvgIpc) is 3.18. The molecule has 2 fully saturated rings. The van der Waals surface area contributed by atoms with Gasteiger partial charge in [0, 0.05) is 6.20 Å². The molecule has 1 amide bonds. The van der Waals surface area contributed by atoms with E-state index in [1.54, 1.807) is 0 Å². The highest BCUT2D eigenvalue weighted by molar-refractivity contribution is 6.03. The molecule has 0 unspecified atom stereocenters. The van der Waals surface area contributed by atoms with Crippen LogP contribution in [0, 0.1) is 5.92 Å². The van der Waals surface area contributed by atoms with Crippen LogP contribution < -0.4 is 0 Å². The minimum atomic E-state index is -1.17. The van der Waals surface area contributed by atoms with E-state index in [1.165, 1.54) is 23.2 Å². The summed E-state index contributed by atoms with van der Waals surface area (Å²) < 4.78 is 0. The number of nitrogens with zero attached hydrogens (tertiary/aromatic N) is 2. The molecular formula is C13H14N2O4. The first kappa shape index (κ1) is 12.1. The largest absolute Gasteiger partial charge is 0.478 e. The quantitative estimate of drug-likeness (QED) is 0.821. The number of aromatic nitrogens is 1. The number of hydrogen-bond donors (Lipinski definition) is 2. The fraction of sp³-hybridized carbons (Fsp3) is 0.462. The third-order valence-corrected chi connectivity index (χ3v) is 3.79. The molecule has 0 radical (unpaired) electrons. The molecule has 6 nitrogen and oxygen atoms in total. The average molecular weight is 262 g/mol. The van der Waals surface area contributed by atoms with E-state index in [2.05, 4.69) is 4.98 Å². The summed E-state index contributed by atoms with van der Waals surface area (Å²) in [5, 5.41) is 19.2. The third kappa shape index (κ3) is 1.98. The molecule has 3 rings (SSSR count).